The third-order valence-electron chi connectivity index (χ3n) is 5.73. The zero-order valence-electron chi connectivity index (χ0n) is 15.7. The number of hydrogen-bond donors (Lipinski definition) is 1. The molecule has 1 aliphatic carbocycles. The highest BCUT2D eigenvalue weighted by molar-refractivity contribution is 5.81. The maximum Gasteiger partial charge on any atom is 0.256 e. The van der Waals surface area contributed by atoms with E-state index < -0.39 is 0 Å². The van der Waals surface area contributed by atoms with Gasteiger partial charge in [0.2, 0.25) is 11.8 Å². The summed E-state index contributed by atoms with van der Waals surface area (Å²) in [4.78, 5) is 48.6. The van der Waals surface area contributed by atoms with E-state index in [4.69, 9.17) is 9.72 Å². The number of ether oxygens (including phenoxy) is 1. The van der Waals surface area contributed by atoms with Crippen LogP contribution in [0.4, 0.5) is 0 Å². The maximum absolute atomic E-state index is 12.7. The van der Waals surface area contributed by atoms with Crippen LogP contribution in [0.3, 0.4) is 0 Å². The molecule has 1 N–H and O–H groups in total. The minimum absolute atomic E-state index is 0.0317. The van der Waals surface area contributed by atoms with E-state index in [0.717, 1.165) is 37.8 Å². The van der Waals surface area contributed by atoms with Crippen molar-refractivity contribution in [3.63, 3.8) is 0 Å². The number of H-pyrrole nitrogens is 1. The monoisotopic (exact) mass is 374 g/mol. The quantitative estimate of drug-likeness (QED) is 0.840. The van der Waals surface area contributed by atoms with Gasteiger partial charge in [0.05, 0.1) is 23.8 Å². The van der Waals surface area contributed by atoms with E-state index in [2.05, 4.69) is 4.98 Å². The number of likely N-dealkylation sites (tertiary alicyclic amines) is 1. The fourth-order valence-corrected chi connectivity index (χ4v) is 4.10. The van der Waals surface area contributed by atoms with Crippen molar-refractivity contribution in [1.82, 2.24) is 19.8 Å². The van der Waals surface area contributed by atoms with Crippen LogP contribution in [0.2, 0.25) is 0 Å². The van der Waals surface area contributed by atoms with Crippen LogP contribution in [0.5, 0.6) is 0 Å². The predicted molar refractivity (Wildman–Crippen MR) is 96.9 cm³/mol. The largest absolute Gasteiger partial charge is 0.375 e. The molecule has 0 spiro atoms. The molecule has 8 nitrogen and oxygen atoms in total. The number of nitrogens with zero attached hydrogens (tertiary/aromatic N) is 3. The summed E-state index contributed by atoms with van der Waals surface area (Å²) in [6.07, 6.45) is 5.23. The first kappa shape index (κ1) is 18.2. The van der Waals surface area contributed by atoms with E-state index in [1.165, 1.54) is 7.11 Å². The van der Waals surface area contributed by atoms with E-state index in [0.29, 0.717) is 37.4 Å². The minimum atomic E-state index is -0.217. The fraction of sp³-hybridized carbons (Fsp3) is 0.684. The van der Waals surface area contributed by atoms with Crippen LogP contribution in [0.15, 0.2) is 4.79 Å². The second-order valence-electron chi connectivity index (χ2n) is 7.69. The third-order valence-corrected chi connectivity index (χ3v) is 5.73. The number of nitrogens with one attached hydrogen (secondary N) is 1. The molecule has 3 heterocycles. The lowest BCUT2D eigenvalue weighted by Gasteiger charge is -2.35. The Labute approximate surface area is 157 Å². The molecule has 0 aromatic carbocycles. The molecule has 2 aliphatic heterocycles. The second kappa shape index (κ2) is 7.42. The first-order valence-corrected chi connectivity index (χ1v) is 9.77. The van der Waals surface area contributed by atoms with Crippen molar-refractivity contribution in [3.05, 3.63) is 27.4 Å². The van der Waals surface area contributed by atoms with Crippen molar-refractivity contribution in [2.24, 2.45) is 5.92 Å². The molecule has 1 atom stereocenters. The van der Waals surface area contributed by atoms with Crippen molar-refractivity contribution in [1.29, 1.82) is 0 Å². The number of amides is 2. The molecule has 2 amide bonds. The summed E-state index contributed by atoms with van der Waals surface area (Å²) in [5.74, 6) is 0.793. The van der Waals surface area contributed by atoms with Crippen LogP contribution in [-0.4, -0.2) is 58.4 Å². The van der Waals surface area contributed by atoms with Gasteiger partial charge in [0.15, 0.2) is 0 Å². The van der Waals surface area contributed by atoms with Crippen LogP contribution in [0.25, 0.3) is 0 Å². The van der Waals surface area contributed by atoms with E-state index in [9.17, 15) is 14.4 Å². The van der Waals surface area contributed by atoms with Gasteiger partial charge in [-0.05, 0) is 32.1 Å². The Morgan fingerprint density at radius 2 is 2.04 bits per heavy atom. The molecule has 0 bridgehead atoms. The molecule has 2 fully saturated rings. The molecular formula is C19H26N4O4. The lowest BCUT2D eigenvalue weighted by Crippen LogP contribution is -2.43. The summed E-state index contributed by atoms with van der Waals surface area (Å²) >= 11 is 0. The number of aromatic amines is 1. The SMILES string of the molecule is COCC(=O)N1CCCCC1c1nc2c(c(=O)[nH]1)CN(C(=O)C1CC1)CC2. The highest BCUT2D eigenvalue weighted by atomic mass is 16.5. The van der Waals surface area contributed by atoms with Gasteiger partial charge in [-0.25, -0.2) is 4.98 Å². The molecular weight excluding hydrogens is 348 g/mol. The summed E-state index contributed by atoms with van der Waals surface area (Å²) < 4.78 is 4.99. The van der Waals surface area contributed by atoms with Crippen LogP contribution in [0, 0.1) is 5.92 Å². The summed E-state index contributed by atoms with van der Waals surface area (Å²) in [6.45, 7) is 1.63. The van der Waals surface area contributed by atoms with Crippen LogP contribution < -0.4 is 5.56 Å². The number of carbonyl (C=O) groups is 2. The van der Waals surface area contributed by atoms with Crippen LogP contribution in [-0.2, 0) is 27.3 Å². The molecule has 1 unspecified atom stereocenters. The van der Waals surface area contributed by atoms with Gasteiger partial charge in [0.25, 0.3) is 5.56 Å². The number of methoxy groups -OCH3 is 1. The molecule has 27 heavy (non-hydrogen) atoms. The summed E-state index contributed by atoms with van der Waals surface area (Å²) in [5.41, 5.74) is 1.16. The molecule has 3 aliphatic rings. The van der Waals surface area contributed by atoms with E-state index >= 15 is 0 Å². The van der Waals surface area contributed by atoms with Crippen molar-refractivity contribution >= 4 is 11.8 Å². The van der Waals surface area contributed by atoms with Gasteiger partial charge >= 0.3 is 0 Å². The van der Waals surface area contributed by atoms with Gasteiger partial charge in [-0.1, -0.05) is 0 Å². The molecule has 1 aromatic heterocycles. The fourth-order valence-electron chi connectivity index (χ4n) is 4.10. The Morgan fingerprint density at radius 3 is 2.78 bits per heavy atom. The Morgan fingerprint density at radius 1 is 1.22 bits per heavy atom. The predicted octanol–water partition coefficient (Wildman–Crippen LogP) is 0.765. The average Bonchev–Trinajstić information content (AvgIpc) is 3.52. The Bertz CT molecular complexity index is 801. The lowest BCUT2D eigenvalue weighted by atomic mass is 10.00. The molecule has 1 aromatic rings. The molecule has 8 heteroatoms. The van der Waals surface area contributed by atoms with Crippen molar-refractivity contribution < 1.29 is 14.3 Å². The van der Waals surface area contributed by atoms with Gasteiger partial charge in [-0.3, -0.25) is 14.4 Å². The molecule has 0 radical (unpaired) electrons. The zero-order chi connectivity index (χ0) is 19.0. The Hall–Kier alpha value is -2.22. The van der Waals surface area contributed by atoms with Gasteiger partial charge in [-0.15, -0.1) is 0 Å². The number of rotatable bonds is 4. The smallest absolute Gasteiger partial charge is 0.256 e. The van der Waals surface area contributed by atoms with Gasteiger partial charge < -0.3 is 19.5 Å². The second-order valence-corrected chi connectivity index (χ2v) is 7.69. The van der Waals surface area contributed by atoms with Crippen molar-refractivity contribution in [3.8, 4) is 0 Å². The van der Waals surface area contributed by atoms with Gasteiger partial charge in [0, 0.05) is 32.5 Å². The summed E-state index contributed by atoms with van der Waals surface area (Å²) in [6, 6.07) is -0.217. The maximum atomic E-state index is 12.7. The standard InChI is InChI=1S/C19H26N4O4/c1-27-11-16(24)23-8-3-2-4-15(23)17-20-14-7-9-22(19(26)12-5-6-12)10-13(14)18(25)21-17/h12,15H,2-11H2,1H3,(H,20,21,25). The van der Waals surface area contributed by atoms with Gasteiger partial charge in [-0.2, -0.15) is 0 Å². The third kappa shape index (κ3) is 3.63. The summed E-state index contributed by atoms with van der Waals surface area (Å²) in [7, 11) is 1.50. The molecule has 1 saturated carbocycles. The average molecular weight is 374 g/mol. The lowest BCUT2D eigenvalue weighted by molar-refractivity contribution is -0.139. The topological polar surface area (TPSA) is 95.6 Å². The van der Waals surface area contributed by atoms with Crippen molar-refractivity contribution in [2.75, 3.05) is 26.8 Å². The van der Waals surface area contributed by atoms with E-state index in [1.807, 2.05) is 0 Å². The number of hydrogen-bond acceptors (Lipinski definition) is 5. The summed E-state index contributed by atoms with van der Waals surface area (Å²) in [5, 5.41) is 0. The van der Waals surface area contributed by atoms with Crippen LogP contribution in [0.1, 0.15) is 55.2 Å². The normalized spacial score (nSPS) is 22.5. The van der Waals surface area contributed by atoms with Gasteiger partial charge in [0.1, 0.15) is 12.4 Å². The Balaban J connectivity index is 1.58. The molecule has 146 valence electrons. The van der Waals surface area contributed by atoms with Crippen LogP contribution >= 0.6 is 0 Å². The minimum Gasteiger partial charge on any atom is -0.375 e. The number of carbonyl (C=O) groups excluding carboxylic acids is 2. The Kier molecular flexibility index (Phi) is 4.99. The molecule has 1 saturated heterocycles. The first-order chi connectivity index (χ1) is 13.1. The van der Waals surface area contributed by atoms with E-state index in [-0.39, 0.29) is 35.9 Å². The number of piperidine rings is 1. The molecule has 4 rings (SSSR count). The number of aromatic nitrogens is 2. The highest BCUT2D eigenvalue weighted by Gasteiger charge is 2.36. The van der Waals surface area contributed by atoms with E-state index in [1.54, 1.807) is 9.80 Å². The highest BCUT2D eigenvalue weighted by Crippen LogP contribution is 2.33. The first-order valence-electron chi connectivity index (χ1n) is 9.77. The van der Waals surface area contributed by atoms with Crippen molar-refractivity contribution in [2.45, 2.75) is 51.1 Å². The number of fused-ring (bicyclic) bond motifs is 1. The zero-order valence-corrected chi connectivity index (χ0v) is 15.7.